The SMILES string of the molecule is c1ccc2c(c1)CC(CNCCOCC1CC1)N2. The molecule has 2 N–H and O–H groups in total. The van der Waals surface area contributed by atoms with Gasteiger partial charge in [0.2, 0.25) is 0 Å². The van der Waals surface area contributed by atoms with Crippen molar-refractivity contribution in [2.24, 2.45) is 5.92 Å². The molecule has 3 rings (SSSR count). The van der Waals surface area contributed by atoms with E-state index in [1.165, 1.54) is 24.1 Å². The molecule has 1 saturated carbocycles. The number of hydrogen-bond donors (Lipinski definition) is 2. The highest BCUT2D eigenvalue weighted by molar-refractivity contribution is 5.56. The van der Waals surface area contributed by atoms with Crippen LogP contribution in [0, 0.1) is 5.92 Å². The van der Waals surface area contributed by atoms with E-state index in [2.05, 4.69) is 34.9 Å². The van der Waals surface area contributed by atoms with Gasteiger partial charge in [-0.05, 0) is 36.8 Å². The lowest BCUT2D eigenvalue weighted by Gasteiger charge is -2.12. The Labute approximate surface area is 109 Å². The zero-order valence-electron chi connectivity index (χ0n) is 10.8. The molecule has 0 amide bonds. The molecular weight excluding hydrogens is 224 g/mol. The van der Waals surface area contributed by atoms with Gasteiger partial charge in [0.05, 0.1) is 6.61 Å². The van der Waals surface area contributed by atoms with Crippen LogP contribution in [0.2, 0.25) is 0 Å². The normalized spacial score (nSPS) is 21.7. The number of ether oxygens (including phenoxy) is 1. The Kier molecular flexibility index (Phi) is 3.81. The van der Waals surface area contributed by atoms with Crippen LogP contribution in [0.1, 0.15) is 18.4 Å². The second kappa shape index (κ2) is 5.72. The zero-order chi connectivity index (χ0) is 12.2. The van der Waals surface area contributed by atoms with Crippen LogP contribution in [0.3, 0.4) is 0 Å². The van der Waals surface area contributed by atoms with Gasteiger partial charge in [0.15, 0.2) is 0 Å². The maximum atomic E-state index is 5.60. The molecule has 0 spiro atoms. The molecule has 2 aliphatic rings. The second-order valence-corrected chi connectivity index (χ2v) is 5.42. The molecule has 0 bridgehead atoms. The van der Waals surface area contributed by atoms with E-state index in [0.717, 1.165) is 38.6 Å². The first-order valence-electron chi connectivity index (χ1n) is 7.05. The summed E-state index contributed by atoms with van der Waals surface area (Å²) in [5.41, 5.74) is 2.74. The number of fused-ring (bicyclic) bond motifs is 1. The Balaban J connectivity index is 1.28. The van der Waals surface area contributed by atoms with Gasteiger partial charge in [-0.25, -0.2) is 0 Å². The van der Waals surface area contributed by atoms with Crippen LogP contribution in [-0.4, -0.2) is 32.3 Å². The van der Waals surface area contributed by atoms with E-state index in [-0.39, 0.29) is 0 Å². The minimum atomic E-state index is 0.533. The van der Waals surface area contributed by atoms with E-state index in [1.54, 1.807) is 0 Å². The highest BCUT2D eigenvalue weighted by atomic mass is 16.5. The predicted molar refractivity (Wildman–Crippen MR) is 74.0 cm³/mol. The van der Waals surface area contributed by atoms with Gasteiger partial charge in [-0.1, -0.05) is 18.2 Å². The maximum Gasteiger partial charge on any atom is 0.0591 e. The van der Waals surface area contributed by atoms with Gasteiger partial charge in [0.1, 0.15) is 0 Å². The molecule has 1 aliphatic carbocycles. The van der Waals surface area contributed by atoms with E-state index < -0.39 is 0 Å². The summed E-state index contributed by atoms with van der Waals surface area (Å²) in [7, 11) is 0. The van der Waals surface area contributed by atoms with Crippen molar-refractivity contribution in [1.29, 1.82) is 0 Å². The minimum absolute atomic E-state index is 0.533. The molecule has 3 heteroatoms. The molecule has 1 aliphatic heterocycles. The Morgan fingerprint density at radius 2 is 2.17 bits per heavy atom. The first-order valence-corrected chi connectivity index (χ1v) is 7.05. The number of benzene rings is 1. The van der Waals surface area contributed by atoms with Gasteiger partial charge in [0.25, 0.3) is 0 Å². The van der Waals surface area contributed by atoms with Crippen molar-refractivity contribution in [3.63, 3.8) is 0 Å². The second-order valence-electron chi connectivity index (χ2n) is 5.42. The van der Waals surface area contributed by atoms with Crippen LogP contribution in [0.5, 0.6) is 0 Å². The minimum Gasteiger partial charge on any atom is -0.380 e. The van der Waals surface area contributed by atoms with Crippen molar-refractivity contribution >= 4 is 5.69 Å². The average Bonchev–Trinajstić information content (AvgIpc) is 3.11. The molecule has 0 radical (unpaired) electrons. The molecule has 0 saturated heterocycles. The first-order chi connectivity index (χ1) is 8.92. The zero-order valence-corrected chi connectivity index (χ0v) is 10.8. The van der Waals surface area contributed by atoms with Crippen molar-refractivity contribution in [3.05, 3.63) is 29.8 Å². The summed E-state index contributed by atoms with van der Waals surface area (Å²) < 4.78 is 5.60. The van der Waals surface area contributed by atoms with Crippen LogP contribution < -0.4 is 10.6 Å². The fourth-order valence-corrected chi connectivity index (χ4v) is 2.45. The molecule has 1 unspecified atom stereocenters. The van der Waals surface area contributed by atoms with Crippen molar-refractivity contribution in [1.82, 2.24) is 5.32 Å². The number of rotatable bonds is 7. The third kappa shape index (κ3) is 3.24. The number of para-hydroxylation sites is 1. The standard InChI is InChI=1S/C15H22N2O/c1-2-4-15-13(3-1)9-14(17-15)10-16-7-8-18-11-12-5-6-12/h1-4,12,14,16-17H,5-11H2. The summed E-state index contributed by atoms with van der Waals surface area (Å²) in [6.45, 7) is 3.79. The maximum absolute atomic E-state index is 5.60. The lowest BCUT2D eigenvalue weighted by atomic mass is 10.1. The third-order valence-corrected chi connectivity index (χ3v) is 3.71. The molecule has 3 nitrogen and oxygen atoms in total. The highest BCUT2D eigenvalue weighted by Crippen LogP contribution is 2.28. The monoisotopic (exact) mass is 246 g/mol. The van der Waals surface area contributed by atoms with Gasteiger partial charge >= 0.3 is 0 Å². The first kappa shape index (κ1) is 12.0. The van der Waals surface area contributed by atoms with Gasteiger partial charge in [-0.15, -0.1) is 0 Å². The van der Waals surface area contributed by atoms with E-state index in [4.69, 9.17) is 4.74 Å². The Bertz CT molecular complexity index is 365. The lowest BCUT2D eigenvalue weighted by molar-refractivity contribution is 0.126. The van der Waals surface area contributed by atoms with Gasteiger partial charge in [-0.2, -0.15) is 0 Å². The molecule has 1 aromatic carbocycles. The Hall–Kier alpha value is -1.06. The molecule has 1 fully saturated rings. The fourth-order valence-electron chi connectivity index (χ4n) is 2.45. The fraction of sp³-hybridized carbons (Fsp3) is 0.600. The molecular formula is C15H22N2O. The number of hydrogen-bond acceptors (Lipinski definition) is 3. The van der Waals surface area contributed by atoms with E-state index in [9.17, 15) is 0 Å². The lowest BCUT2D eigenvalue weighted by Crippen LogP contribution is -2.33. The van der Waals surface area contributed by atoms with Crippen LogP contribution >= 0.6 is 0 Å². The molecule has 18 heavy (non-hydrogen) atoms. The van der Waals surface area contributed by atoms with Crippen LogP contribution in [0.15, 0.2) is 24.3 Å². The number of nitrogens with one attached hydrogen (secondary N) is 2. The molecule has 1 atom stereocenters. The van der Waals surface area contributed by atoms with E-state index >= 15 is 0 Å². The third-order valence-electron chi connectivity index (χ3n) is 3.71. The van der Waals surface area contributed by atoms with Crippen LogP contribution in [0.25, 0.3) is 0 Å². The van der Waals surface area contributed by atoms with Crippen LogP contribution in [0.4, 0.5) is 5.69 Å². The Morgan fingerprint density at radius 1 is 1.28 bits per heavy atom. The summed E-state index contributed by atoms with van der Waals surface area (Å²) >= 11 is 0. The highest BCUT2D eigenvalue weighted by Gasteiger charge is 2.21. The van der Waals surface area contributed by atoms with Crippen LogP contribution in [-0.2, 0) is 11.2 Å². The largest absolute Gasteiger partial charge is 0.380 e. The van der Waals surface area contributed by atoms with Crippen molar-refractivity contribution in [3.8, 4) is 0 Å². The summed E-state index contributed by atoms with van der Waals surface area (Å²) in [6.07, 6.45) is 3.88. The van der Waals surface area contributed by atoms with E-state index in [1.807, 2.05) is 0 Å². The summed E-state index contributed by atoms with van der Waals surface area (Å²) in [4.78, 5) is 0. The molecule has 1 heterocycles. The van der Waals surface area contributed by atoms with Crippen molar-refractivity contribution < 1.29 is 4.74 Å². The van der Waals surface area contributed by atoms with Gasteiger partial charge in [0, 0.05) is 31.4 Å². The topological polar surface area (TPSA) is 33.3 Å². The average molecular weight is 246 g/mol. The summed E-state index contributed by atoms with van der Waals surface area (Å²) in [5, 5.41) is 7.02. The quantitative estimate of drug-likeness (QED) is 0.722. The molecule has 1 aromatic rings. The Morgan fingerprint density at radius 3 is 3.00 bits per heavy atom. The van der Waals surface area contributed by atoms with Gasteiger partial charge < -0.3 is 15.4 Å². The predicted octanol–water partition coefficient (Wildman–Crippen LogP) is 2.04. The summed E-state index contributed by atoms with van der Waals surface area (Å²) in [6, 6.07) is 9.11. The molecule has 98 valence electrons. The smallest absolute Gasteiger partial charge is 0.0591 e. The van der Waals surface area contributed by atoms with Crippen molar-refractivity contribution in [2.45, 2.75) is 25.3 Å². The van der Waals surface area contributed by atoms with Gasteiger partial charge in [-0.3, -0.25) is 0 Å². The van der Waals surface area contributed by atoms with E-state index in [0.29, 0.717) is 6.04 Å². The summed E-state index contributed by atoms with van der Waals surface area (Å²) in [5.74, 6) is 0.871. The number of anilines is 1. The van der Waals surface area contributed by atoms with Crippen molar-refractivity contribution in [2.75, 3.05) is 31.6 Å². The molecule has 0 aromatic heterocycles.